The average molecular weight is 338 g/mol. The molecule has 2 amide bonds. The molecule has 1 saturated heterocycles. The number of rotatable bonds is 4. The summed E-state index contributed by atoms with van der Waals surface area (Å²) < 4.78 is 26.3. The number of piperazine rings is 1. The fourth-order valence-electron chi connectivity index (χ4n) is 2.32. The number of anilines is 1. The molecule has 0 bridgehead atoms. The average Bonchev–Trinajstić information content (AvgIpc) is 3.27. The van der Waals surface area contributed by atoms with Crippen molar-refractivity contribution in [2.75, 3.05) is 25.0 Å². The molecule has 0 spiro atoms. The summed E-state index contributed by atoms with van der Waals surface area (Å²) in [6, 6.07) is 5.96. The normalized spacial score (nSPS) is 20.7. The van der Waals surface area contributed by atoms with Crippen LogP contribution in [0.3, 0.4) is 0 Å². The van der Waals surface area contributed by atoms with Gasteiger partial charge in [0.2, 0.25) is 21.8 Å². The number of carbonyl (C=O) groups is 2. The van der Waals surface area contributed by atoms with E-state index in [0.29, 0.717) is 18.5 Å². The van der Waals surface area contributed by atoms with E-state index in [9.17, 15) is 18.0 Å². The number of nitrogens with two attached hydrogens (primary N) is 1. The van der Waals surface area contributed by atoms with Crippen LogP contribution in [-0.4, -0.2) is 49.7 Å². The monoisotopic (exact) mass is 338 g/mol. The Kier molecular flexibility index (Phi) is 3.86. The number of nitrogens with one attached hydrogen (secondary N) is 2. The molecule has 8 nitrogen and oxygen atoms in total. The first-order valence-corrected chi connectivity index (χ1v) is 8.73. The van der Waals surface area contributed by atoms with Crippen molar-refractivity contribution in [3.05, 3.63) is 24.3 Å². The first-order valence-electron chi connectivity index (χ1n) is 7.28. The van der Waals surface area contributed by atoms with Crippen molar-refractivity contribution in [1.82, 2.24) is 9.62 Å². The highest BCUT2D eigenvalue weighted by molar-refractivity contribution is 7.89. The van der Waals surface area contributed by atoms with Gasteiger partial charge in [0.05, 0.1) is 17.0 Å². The van der Waals surface area contributed by atoms with Crippen LogP contribution in [0.5, 0.6) is 0 Å². The number of hydrogen-bond acceptors (Lipinski definition) is 5. The van der Waals surface area contributed by atoms with Crippen LogP contribution in [0.4, 0.5) is 5.69 Å². The zero-order valence-corrected chi connectivity index (χ0v) is 13.2. The predicted octanol–water partition coefficient (Wildman–Crippen LogP) is -0.763. The fourth-order valence-corrected chi connectivity index (χ4v) is 3.76. The van der Waals surface area contributed by atoms with Crippen LogP contribution in [0.1, 0.15) is 12.8 Å². The lowest BCUT2D eigenvalue weighted by Crippen LogP contribution is -2.49. The summed E-state index contributed by atoms with van der Waals surface area (Å²) >= 11 is 0. The fraction of sp³-hybridized carbons (Fsp3) is 0.429. The first-order chi connectivity index (χ1) is 10.8. The SMILES string of the molecule is NC1(C(=O)Nc2cccc(S(=O)(=O)N3CCNC(=O)C3)c2)CC1. The van der Waals surface area contributed by atoms with E-state index in [-0.39, 0.29) is 36.3 Å². The van der Waals surface area contributed by atoms with Gasteiger partial charge >= 0.3 is 0 Å². The smallest absolute Gasteiger partial charge is 0.244 e. The maximum absolute atomic E-state index is 12.6. The molecule has 0 atom stereocenters. The predicted molar refractivity (Wildman–Crippen MR) is 83.0 cm³/mol. The number of sulfonamides is 1. The largest absolute Gasteiger partial charge is 0.354 e. The number of carbonyl (C=O) groups excluding carboxylic acids is 2. The number of amides is 2. The highest BCUT2D eigenvalue weighted by Gasteiger charge is 2.46. The highest BCUT2D eigenvalue weighted by Crippen LogP contribution is 2.33. The molecule has 1 aromatic carbocycles. The molecule has 9 heteroatoms. The van der Waals surface area contributed by atoms with E-state index in [1.165, 1.54) is 12.1 Å². The number of hydrogen-bond donors (Lipinski definition) is 3. The molecule has 0 radical (unpaired) electrons. The van der Waals surface area contributed by atoms with Gasteiger partial charge in [0.15, 0.2) is 0 Å². The van der Waals surface area contributed by atoms with Crippen LogP contribution in [-0.2, 0) is 19.6 Å². The minimum absolute atomic E-state index is 0.0341. The first kappa shape index (κ1) is 15.9. The summed E-state index contributed by atoms with van der Waals surface area (Å²) in [7, 11) is -3.78. The van der Waals surface area contributed by atoms with Gasteiger partial charge < -0.3 is 16.4 Å². The van der Waals surface area contributed by atoms with Gasteiger partial charge in [-0.25, -0.2) is 8.42 Å². The van der Waals surface area contributed by atoms with Gasteiger partial charge in [0, 0.05) is 18.8 Å². The standard InChI is InChI=1S/C14H18N4O4S/c15-14(4-5-14)13(20)17-10-2-1-3-11(8-10)23(21,22)18-7-6-16-12(19)9-18/h1-3,8H,4-7,9,15H2,(H,16,19)(H,17,20). The minimum atomic E-state index is -3.78. The van der Waals surface area contributed by atoms with E-state index >= 15 is 0 Å². The molecular weight excluding hydrogens is 320 g/mol. The Balaban J connectivity index is 1.81. The topological polar surface area (TPSA) is 122 Å². The lowest BCUT2D eigenvalue weighted by molar-refractivity contribution is -0.122. The Morgan fingerprint density at radius 3 is 2.74 bits per heavy atom. The van der Waals surface area contributed by atoms with Crippen LogP contribution in [0.15, 0.2) is 29.2 Å². The van der Waals surface area contributed by atoms with Crippen molar-refractivity contribution >= 4 is 27.5 Å². The van der Waals surface area contributed by atoms with Crippen molar-refractivity contribution in [2.24, 2.45) is 5.73 Å². The molecule has 1 aromatic rings. The van der Waals surface area contributed by atoms with E-state index in [2.05, 4.69) is 10.6 Å². The van der Waals surface area contributed by atoms with Crippen LogP contribution in [0.2, 0.25) is 0 Å². The molecule has 124 valence electrons. The Labute approximate surface area is 134 Å². The van der Waals surface area contributed by atoms with E-state index in [1.54, 1.807) is 12.1 Å². The van der Waals surface area contributed by atoms with Gasteiger partial charge in [0.25, 0.3) is 0 Å². The molecule has 2 fully saturated rings. The summed E-state index contributed by atoms with van der Waals surface area (Å²) in [6.07, 6.45) is 1.25. The number of nitrogens with zero attached hydrogens (tertiary/aromatic N) is 1. The Bertz CT molecular complexity index is 758. The zero-order valence-electron chi connectivity index (χ0n) is 12.4. The summed E-state index contributed by atoms with van der Waals surface area (Å²) in [5.74, 6) is -0.646. The third-order valence-electron chi connectivity index (χ3n) is 3.97. The van der Waals surface area contributed by atoms with Crippen molar-refractivity contribution in [2.45, 2.75) is 23.3 Å². The van der Waals surface area contributed by atoms with Gasteiger partial charge in [-0.2, -0.15) is 4.31 Å². The second-order valence-electron chi connectivity index (χ2n) is 5.83. The van der Waals surface area contributed by atoms with E-state index in [1.807, 2.05) is 0 Å². The van der Waals surface area contributed by atoms with E-state index in [4.69, 9.17) is 5.73 Å². The molecular formula is C14H18N4O4S. The van der Waals surface area contributed by atoms with Gasteiger partial charge in [-0.05, 0) is 31.0 Å². The van der Waals surface area contributed by atoms with Crippen molar-refractivity contribution in [1.29, 1.82) is 0 Å². The molecule has 0 aromatic heterocycles. The van der Waals surface area contributed by atoms with Crippen molar-refractivity contribution in [3.63, 3.8) is 0 Å². The van der Waals surface area contributed by atoms with Crippen LogP contribution in [0, 0.1) is 0 Å². The Hall–Kier alpha value is -1.97. The number of benzene rings is 1. The molecule has 23 heavy (non-hydrogen) atoms. The maximum Gasteiger partial charge on any atom is 0.244 e. The van der Waals surface area contributed by atoms with E-state index < -0.39 is 15.6 Å². The summed E-state index contributed by atoms with van der Waals surface area (Å²) in [4.78, 5) is 23.4. The molecule has 4 N–H and O–H groups in total. The second kappa shape index (κ2) is 5.59. The molecule has 1 heterocycles. The zero-order chi connectivity index (χ0) is 16.7. The molecule has 1 aliphatic heterocycles. The van der Waals surface area contributed by atoms with Crippen LogP contribution in [0.25, 0.3) is 0 Å². The van der Waals surface area contributed by atoms with Gasteiger partial charge in [-0.3, -0.25) is 9.59 Å². The van der Waals surface area contributed by atoms with Gasteiger partial charge in [-0.15, -0.1) is 0 Å². The Morgan fingerprint density at radius 2 is 2.09 bits per heavy atom. The van der Waals surface area contributed by atoms with Crippen molar-refractivity contribution in [3.8, 4) is 0 Å². The molecule has 0 unspecified atom stereocenters. The molecule has 1 saturated carbocycles. The summed E-state index contributed by atoms with van der Waals surface area (Å²) in [6.45, 7) is 0.297. The molecule has 3 rings (SSSR count). The highest BCUT2D eigenvalue weighted by atomic mass is 32.2. The maximum atomic E-state index is 12.6. The lowest BCUT2D eigenvalue weighted by Gasteiger charge is -2.26. The third-order valence-corrected chi connectivity index (χ3v) is 5.82. The van der Waals surface area contributed by atoms with Crippen molar-refractivity contribution < 1.29 is 18.0 Å². The van der Waals surface area contributed by atoms with Crippen LogP contribution >= 0.6 is 0 Å². The minimum Gasteiger partial charge on any atom is -0.354 e. The third kappa shape index (κ3) is 3.21. The van der Waals surface area contributed by atoms with Gasteiger partial charge in [-0.1, -0.05) is 6.07 Å². The van der Waals surface area contributed by atoms with Gasteiger partial charge in [0.1, 0.15) is 0 Å². The lowest BCUT2D eigenvalue weighted by atomic mass is 10.2. The Morgan fingerprint density at radius 1 is 1.35 bits per heavy atom. The molecule has 2 aliphatic rings. The van der Waals surface area contributed by atoms with Crippen LogP contribution < -0.4 is 16.4 Å². The second-order valence-corrected chi connectivity index (χ2v) is 7.76. The van der Waals surface area contributed by atoms with E-state index in [0.717, 1.165) is 4.31 Å². The summed E-state index contributed by atoms with van der Waals surface area (Å²) in [5.41, 5.74) is 5.35. The molecule has 1 aliphatic carbocycles. The quantitative estimate of drug-likeness (QED) is 0.666. The summed E-state index contributed by atoms with van der Waals surface area (Å²) in [5, 5.41) is 5.22.